The second-order valence-corrected chi connectivity index (χ2v) is 7.69. The van der Waals surface area contributed by atoms with Gasteiger partial charge in [0.1, 0.15) is 0 Å². The molecule has 3 rings (SSSR count). The van der Waals surface area contributed by atoms with E-state index in [-0.39, 0.29) is 22.6 Å². The zero-order valence-corrected chi connectivity index (χ0v) is 15.8. The van der Waals surface area contributed by atoms with E-state index in [0.717, 1.165) is 5.56 Å². The molecular formula is C20H18N2O5S. The van der Waals surface area contributed by atoms with E-state index in [4.69, 9.17) is 0 Å². The standard InChI is InChI=1S/C20H18N2O5S/c1-27-20(24)16-7-12-19(23)22(14-16)17-8-10-18(11-9-17)28(25,26)21-13-15-5-3-2-4-6-15/h2-12,14,21H,13H2,1H3. The second-order valence-electron chi connectivity index (χ2n) is 5.92. The fraction of sp³-hybridized carbons (Fsp3) is 0.100. The molecule has 1 N–H and O–H groups in total. The fourth-order valence-electron chi connectivity index (χ4n) is 2.57. The van der Waals surface area contributed by atoms with Crippen LogP contribution >= 0.6 is 0 Å². The highest BCUT2D eigenvalue weighted by Crippen LogP contribution is 2.14. The molecule has 0 aliphatic rings. The molecule has 8 heteroatoms. The smallest absolute Gasteiger partial charge is 0.339 e. The van der Waals surface area contributed by atoms with Crippen LogP contribution in [0.4, 0.5) is 0 Å². The van der Waals surface area contributed by atoms with Crippen molar-refractivity contribution in [3.8, 4) is 5.69 Å². The lowest BCUT2D eigenvalue weighted by molar-refractivity contribution is 0.0600. The molecule has 1 heterocycles. The molecule has 0 aliphatic heterocycles. The number of hydrogen-bond donors (Lipinski definition) is 1. The van der Waals surface area contributed by atoms with E-state index in [1.54, 1.807) is 0 Å². The van der Waals surface area contributed by atoms with Gasteiger partial charge >= 0.3 is 5.97 Å². The van der Waals surface area contributed by atoms with Crippen LogP contribution in [-0.2, 0) is 21.3 Å². The zero-order chi connectivity index (χ0) is 20.1. The normalized spacial score (nSPS) is 11.2. The maximum Gasteiger partial charge on any atom is 0.339 e. The topological polar surface area (TPSA) is 94.5 Å². The molecule has 2 aromatic carbocycles. The van der Waals surface area contributed by atoms with Crippen molar-refractivity contribution >= 4 is 16.0 Å². The average Bonchev–Trinajstić information content (AvgIpc) is 2.73. The third kappa shape index (κ3) is 4.36. The van der Waals surface area contributed by atoms with Crippen molar-refractivity contribution in [3.05, 3.63) is 94.4 Å². The van der Waals surface area contributed by atoms with E-state index in [1.165, 1.54) is 54.3 Å². The molecule has 0 aliphatic carbocycles. The van der Waals surface area contributed by atoms with Gasteiger partial charge in [0.05, 0.1) is 17.6 Å². The first-order valence-electron chi connectivity index (χ1n) is 8.36. The number of hydrogen-bond acceptors (Lipinski definition) is 5. The van der Waals surface area contributed by atoms with Crippen molar-refractivity contribution in [2.75, 3.05) is 7.11 Å². The highest BCUT2D eigenvalue weighted by molar-refractivity contribution is 7.89. The number of aromatic nitrogens is 1. The van der Waals surface area contributed by atoms with Crippen LogP contribution in [0.5, 0.6) is 0 Å². The van der Waals surface area contributed by atoms with Gasteiger partial charge in [-0.2, -0.15) is 0 Å². The van der Waals surface area contributed by atoms with Crippen molar-refractivity contribution in [1.29, 1.82) is 0 Å². The summed E-state index contributed by atoms with van der Waals surface area (Å²) >= 11 is 0. The van der Waals surface area contributed by atoms with Crippen LogP contribution in [0.15, 0.2) is 82.6 Å². The van der Waals surface area contributed by atoms with Crippen molar-refractivity contribution in [1.82, 2.24) is 9.29 Å². The maximum atomic E-state index is 12.5. The van der Waals surface area contributed by atoms with E-state index >= 15 is 0 Å². The number of sulfonamides is 1. The summed E-state index contributed by atoms with van der Waals surface area (Å²) in [5.74, 6) is -0.571. The molecule has 1 aromatic heterocycles. The van der Waals surface area contributed by atoms with E-state index in [2.05, 4.69) is 9.46 Å². The van der Waals surface area contributed by atoms with Gasteiger partial charge in [0, 0.05) is 24.5 Å². The van der Waals surface area contributed by atoms with Crippen LogP contribution in [0.2, 0.25) is 0 Å². The van der Waals surface area contributed by atoms with Gasteiger partial charge in [-0.15, -0.1) is 0 Å². The summed E-state index contributed by atoms with van der Waals surface area (Å²) in [6.07, 6.45) is 1.35. The Morgan fingerprint density at radius 3 is 2.32 bits per heavy atom. The fourth-order valence-corrected chi connectivity index (χ4v) is 3.59. The Morgan fingerprint density at radius 1 is 1.00 bits per heavy atom. The lowest BCUT2D eigenvalue weighted by Gasteiger charge is -2.10. The Morgan fingerprint density at radius 2 is 1.68 bits per heavy atom. The van der Waals surface area contributed by atoms with Gasteiger partial charge in [0.15, 0.2) is 0 Å². The zero-order valence-electron chi connectivity index (χ0n) is 15.0. The van der Waals surface area contributed by atoms with Crippen LogP contribution in [0.1, 0.15) is 15.9 Å². The SMILES string of the molecule is COC(=O)c1ccc(=O)n(-c2ccc(S(=O)(=O)NCc3ccccc3)cc2)c1. The van der Waals surface area contributed by atoms with E-state index in [1.807, 2.05) is 30.3 Å². The first-order valence-corrected chi connectivity index (χ1v) is 9.84. The third-order valence-corrected chi connectivity index (χ3v) is 5.48. The van der Waals surface area contributed by atoms with Gasteiger partial charge in [-0.25, -0.2) is 17.9 Å². The maximum absolute atomic E-state index is 12.5. The van der Waals surface area contributed by atoms with Gasteiger partial charge < -0.3 is 4.74 Å². The Balaban J connectivity index is 1.83. The van der Waals surface area contributed by atoms with E-state index in [0.29, 0.717) is 5.69 Å². The highest BCUT2D eigenvalue weighted by atomic mass is 32.2. The van der Waals surface area contributed by atoms with Crippen molar-refractivity contribution in [3.63, 3.8) is 0 Å². The minimum atomic E-state index is -3.70. The third-order valence-electron chi connectivity index (χ3n) is 4.07. The van der Waals surface area contributed by atoms with E-state index < -0.39 is 16.0 Å². The Kier molecular flexibility index (Phi) is 5.72. The number of esters is 1. The van der Waals surface area contributed by atoms with E-state index in [9.17, 15) is 18.0 Å². The number of nitrogens with one attached hydrogen (secondary N) is 1. The first-order chi connectivity index (χ1) is 13.4. The molecule has 0 fully saturated rings. The number of ether oxygens (including phenoxy) is 1. The molecule has 7 nitrogen and oxygen atoms in total. The first kappa shape index (κ1) is 19.5. The van der Waals surface area contributed by atoms with Crippen LogP contribution in [0.3, 0.4) is 0 Å². The van der Waals surface area contributed by atoms with Gasteiger partial charge in [-0.3, -0.25) is 9.36 Å². The highest BCUT2D eigenvalue weighted by Gasteiger charge is 2.14. The lowest BCUT2D eigenvalue weighted by Crippen LogP contribution is -2.23. The Labute approximate surface area is 162 Å². The summed E-state index contributed by atoms with van der Waals surface area (Å²) < 4.78 is 33.4. The number of methoxy groups -OCH3 is 1. The summed E-state index contributed by atoms with van der Waals surface area (Å²) in [6, 6.07) is 17.6. The summed E-state index contributed by atoms with van der Waals surface area (Å²) in [4.78, 5) is 23.8. The molecule has 0 unspecified atom stereocenters. The molecule has 0 atom stereocenters. The van der Waals surface area contributed by atoms with Crippen molar-refractivity contribution in [2.24, 2.45) is 0 Å². The van der Waals surface area contributed by atoms with Crippen molar-refractivity contribution in [2.45, 2.75) is 11.4 Å². The van der Waals surface area contributed by atoms with Crippen LogP contribution in [-0.4, -0.2) is 26.1 Å². The monoisotopic (exact) mass is 398 g/mol. The molecule has 0 radical (unpaired) electrons. The van der Waals surface area contributed by atoms with Gasteiger partial charge in [0.25, 0.3) is 5.56 Å². The average molecular weight is 398 g/mol. The van der Waals surface area contributed by atoms with Gasteiger partial charge in [0.2, 0.25) is 10.0 Å². The van der Waals surface area contributed by atoms with Crippen LogP contribution in [0, 0.1) is 0 Å². The molecule has 0 bridgehead atoms. The summed E-state index contributed by atoms with van der Waals surface area (Å²) in [6.45, 7) is 0.172. The molecule has 0 amide bonds. The molecular weight excluding hydrogens is 380 g/mol. The van der Waals surface area contributed by atoms with Crippen LogP contribution < -0.4 is 10.3 Å². The largest absolute Gasteiger partial charge is 0.465 e. The minimum Gasteiger partial charge on any atom is -0.465 e. The summed E-state index contributed by atoms with van der Waals surface area (Å²) in [5, 5.41) is 0. The number of carbonyl (C=O) groups is 1. The van der Waals surface area contributed by atoms with Gasteiger partial charge in [-0.1, -0.05) is 30.3 Å². The predicted octanol–water partition coefficient (Wildman–Crippen LogP) is 2.10. The summed E-state index contributed by atoms with van der Waals surface area (Å²) in [5.41, 5.74) is 1.13. The molecule has 28 heavy (non-hydrogen) atoms. The molecule has 0 saturated heterocycles. The minimum absolute atomic E-state index is 0.0735. The second kappa shape index (κ2) is 8.20. The van der Waals surface area contributed by atoms with Crippen LogP contribution in [0.25, 0.3) is 5.69 Å². The number of benzene rings is 2. The van der Waals surface area contributed by atoms with Gasteiger partial charge in [-0.05, 0) is 35.9 Å². The number of pyridine rings is 1. The number of carbonyl (C=O) groups excluding carboxylic acids is 1. The number of nitrogens with zero attached hydrogens (tertiary/aromatic N) is 1. The Hall–Kier alpha value is -3.23. The summed E-state index contributed by atoms with van der Waals surface area (Å²) in [7, 11) is -2.45. The lowest BCUT2D eigenvalue weighted by atomic mass is 10.2. The Bertz CT molecular complexity index is 1140. The molecule has 0 saturated carbocycles. The molecule has 3 aromatic rings. The number of rotatable bonds is 6. The quantitative estimate of drug-likeness (QED) is 0.642. The van der Waals surface area contributed by atoms with Crippen molar-refractivity contribution < 1.29 is 17.9 Å². The molecule has 0 spiro atoms. The predicted molar refractivity (Wildman–Crippen MR) is 104 cm³/mol. The molecule has 144 valence electrons.